The molecule has 162 valence electrons. The zero-order valence-corrected chi connectivity index (χ0v) is 19.2. The zero-order chi connectivity index (χ0) is 20.4. The Balaban J connectivity index is 0.00000420. The Morgan fingerprint density at radius 3 is 2.69 bits per heavy atom. The van der Waals surface area contributed by atoms with Crippen molar-refractivity contribution in [1.82, 2.24) is 20.4 Å². The summed E-state index contributed by atoms with van der Waals surface area (Å²) in [6, 6.07) is 4.93. The number of aryl methyl sites for hydroxylation is 1. The van der Waals surface area contributed by atoms with E-state index in [1.165, 1.54) is 6.07 Å². The topological polar surface area (TPSA) is 72.7 Å². The van der Waals surface area contributed by atoms with E-state index in [0.717, 1.165) is 12.0 Å². The number of guanidine groups is 1. The Kier molecular flexibility index (Phi) is 11.3. The van der Waals surface area contributed by atoms with E-state index in [2.05, 4.69) is 25.5 Å². The first-order valence-corrected chi connectivity index (χ1v) is 9.22. The molecule has 1 heterocycles. The van der Waals surface area contributed by atoms with Crippen LogP contribution >= 0.6 is 24.0 Å². The Bertz CT molecular complexity index is 771. The summed E-state index contributed by atoms with van der Waals surface area (Å²) in [5.74, 6) is 1.15. The largest absolute Gasteiger partial charge is 0.493 e. The predicted molar refractivity (Wildman–Crippen MR) is 119 cm³/mol. The summed E-state index contributed by atoms with van der Waals surface area (Å²) in [6.07, 6.45) is 4.46. The maximum Gasteiger partial charge on any atom is 0.387 e. The fourth-order valence-corrected chi connectivity index (χ4v) is 2.44. The summed E-state index contributed by atoms with van der Waals surface area (Å²) >= 11 is 0. The molecule has 7 nitrogen and oxygen atoms in total. The van der Waals surface area contributed by atoms with Crippen molar-refractivity contribution in [2.45, 2.75) is 40.0 Å². The standard InChI is InChI=1S/C19H27F2N5O2.HI/c1-4-8-27-16-7-6-15(17(9-16)28-18(20)21)12-24-19(22-5-2)23-10-14-11-25-26(3)13-14;/h6-7,9,11,13,18H,4-5,8,10,12H2,1-3H3,(H2,22,23,24);1H. The number of alkyl halides is 2. The van der Waals surface area contributed by atoms with Crippen molar-refractivity contribution in [2.75, 3.05) is 13.2 Å². The number of nitrogens with zero attached hydrogens (tertiary/aromatic N) is 3. The maximum absolute atomic E-state index is 12.8. The van der Waals surface area contributed by atoms with E-state index in [-0.39, 0.29) is 36.3 Å². The molecular formula is C19H28F2IN5O2. The molecule has 2 aromatic rings. The molecule has 0 bridgehead atoms. The van der Waals surface area contributed by atoms with Crippen molar-refractivity contribution in [2.24, 2.45) is 12.0 Å². The number of aromatic nitrogens is 2. The summed E-state index contributed by atoms with van der Waals surface area (Å²) in [5, 5.41) is 10.4. The smallest absolute Gasteiger partial charge is 0.387 e. The van der Waals surface area contributed by atoms with Gasteiger partial charge < -0.3 is 20.1 Å². The van der Waals surface area contributed by atoms with Crippen molar-refractivity contribution in [3.8, 4) is 11.5 Å². The van der Waals surface area contributed by atoms with E-state index in [1.807, 2.05) is 27.1 Å². The fraction of sp³-hybridized carbons (Fsp3) is 0.474. The molecule has 2 N–H and O–H groups in total. The van der Waals surface area contributed by atoms with Gasteiger partial charge in [-0.05, 0) is 25.5 Å². The van der Waals surface area contributed by atoms with Crippen LogP contribution in [-0.2, 0) is 20.1 Å². The lowest BCUT2D eigenvalue weighted by Gasteiger charge is -2.15. The molecule has 2 rings (SSSR count). The van der Waals surface area contributed by atoms with Crippen LogP contribution in [0.25, 0.3) is 0 Å². The van der Waals surface area contributed by atoms with Crippen LogP contribution in [0.5, 0.6) is 11.5 Å². The predicted octanol–water partition coefficient (Wildman–Crippen LogP) is 3.68. The molecule has 0 aliphatic heterocycles. The molecule has 0 atom stereocenters. The van der Waals surface area contributed by atoms with Gasteiger partial charge in [0.05, 0.1) is 19.3 Å². The van der Waals surface area contributed by atoms with Crippen LogP contribution < -0.4 is 20.1 Å². The van der Waals surface area contributed by atoms with Crippen LogP contribution in [0, 0.1) is 0 Å². The minimum absolute atomic E-state index is 0. The molecule has 0 unspecified atom stereocenters. The average molecular weight is 523 g/mol. The molecule has 0 spiro atoms. The highest BCUT2D eigenvalue weighted by atomic mass is 127. The normalized spacial score (nSPS) is 11.2. The van der Waals surface area contributed by atoms with Gasteiger partial charge in [-0.25, -0.2) is 4.99 Å². The van der Waals surface area contributed by atoms with E-state index < -0.39 is 6.61 Å². The van der Waals surface area contributed by atoms with Gasteiger partial charge in [0, 0.05) is 43.5 Å². The average Bonchev–Trinajstić information content (AvgIpc) is 3.08. The Morgan fingerprint density at radius 2 is 2.07 bits per heavy atom. The van der Waals surface area contributed by atoms with Crippen molar-refractivity contribution in [3.05, 3.63) is 41.7 Å². The number of aliphatic imine (C=N–C) groups is 1. The molecule has 0 amide bonds. The lowest BCUT2D eigenvalue weighted by Crippen LogP contribution is -2.36. The summed E-state index contributed by atoms with van der Waals surface area (Å²) in [5.41, 5.74) is 1.55. The minimum atomic E-state index is -2.91. The summed E-state index contributed by atoms with van der Waals surface area (Å²) < 4.78 is 37.4. The lowest BCUT2D eigenvalue weighted by atomic mass is 10.2. The Hall–Kier alpha value is -2.11. The Morgan fingerprint density at radius 1 is 1.28 bits per heavy atom. The minimum Gasteiger partial charge on any atom is -0.493 e. The third-order valence-corrected chi connectivity index (χ3v) is 3.70. The van der Waals surface area contributed by atoms with Gasteiger partial charge >= 0.3 is 6.61 Å². The zero-order valence-electron chi connectivity index (χ0n) is 16.8. The number of benzene rings is 1. The van der Waals surface area contributed by atoms with Gasteiger partial charge in [-0.3, -0.25) is 4.68 Å². The number of rotatable bonds is 10. The first-order valence-electron chi connectivity index (χ1n) is 9.22. The second-order valence-corrected chi connectivity index (χ2v) is 6.07. The number of ether oxygens (including phenoxy) is 2. The first kappa shape index (κ1) is 24.9. The number of halogens is 3. The molecule has 1 aromatic heterocycles. The van der Waals surface area contributed by atoms with Crippen molar-refractivity contribution < 1.29 is 18.3 Å². The molecule has 0 aliphatic carbocycles. The highest BCUT2D eigenvalue weighted by Crippen LogP contribution is 2.26. The van der Waals surface area contributed by atoms with Gasteiger partial charge in [-0.1, -0.05) is 6.92 Å². The summed E-state index contributed by atoms with van der Waals surface area (Å²) in [4.78, 5) is 4.49. The van der Waals surface area contributed by atoms with Crippen LogP contribution in [-0.4, -0.2) is 35.5 Å². The van der Waals surface area contributed by atoms with E-state index in [1.54, 1.807) is 23.0 Å². The van der Waals surface area contributed by atoms with Gasteiger partial charge in [0.2, 0.25) is 0 Å². The van der Waals surface area contributed by atoms with Crippen molar-refractivity contribution >= 4 is 29.9 Å². The molecule has 0 saturated carbocycles. The van der Waals surface area contributed by atoms with Gasteiger partial charge in [0.15, 0.2) is 5.96 Å². The maximum atomic E-state index is 12.8. The van der Waals surface area contributed by atoms with Crippen LogP contribution in [0.4, 0.5) is 8.78 Å². The summed E-state index contributed by atoms with van der Waals surface area (Å²) in [6.45, 7) is 2.92. The third kappa shape index (κ3) is 8.84. The summed E-state index contributed by atoms with van der Waals surface area (Å²) in [7, 11) is 1.84. The van der Waals surface area contributed by atoms with Gasteiger partial charge in [0.1, 0.15) is 11.5 Å². The van der Waals surface area contributed by atoms with Gasteiger partial charge in [-0.2, -0.15) is 13.9 Å². The van der Waals surface area contributed by atoms with Crippen LogP contribution in [0.3, 0.4) is 0 Å². The first-order chi connectivity index (χ1) is 13.5. The van der Waals surface area contributed by atoms with E-state index in [4.69, 9.17) is 4.74 Å². The highest BCUT2D eigenvalue weighted by Gasteiger charge is 2.12. The van der Waals surface area contributed by atoms with Crippen LogP contribution in [0.15, 0.2) is 35.6 Å². The van der Waals surface area contributed by atoms with Crippen LogP contribution in [0.2, 0.25) is 0 Å². The number of nitrogens with one attached hydrogen (secondary N) is 2. The molecule has 1 aromatic carbocycles. The second kappa shape index (κ2) is 13.2. The molecule has 0 saturated heterocycles. The van der Waals surface area contributed by atoms with E-state index in [0.29, 0.717) is 37.0 Å². The highest BCUT2D eigenvalue weighted by molar-refractivity contribution is 14.0. The number of hydrogen-bond donors (Lipinski definition) is 2. The molecule has 0 aliphatic rings. The molecule has 0 fully saturated rings. The molecule has 0 radical (unpaired) electrons. The molecule has 29 heavy (non-hydrogen) atoms. The quantitative estimate of drug-likeness (QED) is 0.283. The Labute approximate surface area is 186 Å². The SMILES string of the molecule is CCCOc1ccc(CNC(=NCc2cnn(C)c2)NCC)c(OC(F)F)c1.I. The fourth-order valence-electron chi connectivity index (χ4n) is 2.44. The molecule has 10 heteroatoms. The lowest BCUT2D eigenvalue weighted by molar-refractivity contribution is -0.0505. The monoisotopic (exact) mass is 523 g/mol. The number of hydrogen-bond acceptors (Lipinski definition) is 4. The third-order valence-electron chi connectivity index (χ3n) is 3.70. The van der Waals surface area contributed by atoms with E-state index in [9.17, 15) is 8.78 Å². The van der Waals surface area contributed by atoms with Crippen LogP contribution in [0.1, 0.15) is 31.4 Å². The second-order valence-electron chi connectivity index (χ2n) is 6.07. The molecular weight excluding hydrogens is 495 g/mol. The van der Waals surface area contributed by atoms with E-state index >= 15 is 0 Å². The van der Waals surface area contributed by atoms with Gasteiger partial charge in [0.25, 0.3) is 0 Å². The van der Waals surface area contributed by atoms with Gasteiger partial charge in [-0.15, -0.1) is 24.0 Å². The van der Waals surface area contributed by atoms with Crippen molar-refractivity contribution in [3.63, 3.8) is 0 Å². The van der Waals surface area contributed by atoms with Crippen molar-refractivity contribution in [1.29, 1.82) is 0 Å².